The molecule has 2 aromatic carbocycles. The molecule has 3 aliphatic heterocycles. The molecule has 3 saturated heterocycles. The van der Waals surface area contributed by atoms with Gasteiger partial charge in [-0.15, -0.1) is 0 Å². The highest BCUT2D eigenvalue weighted by Crippen LogP contribution is 2.65. The number of unbranched alkanes of at least 4 members (excludes halogenated alkanes) is 3. The Morgan fingerprint density at radius 1 is 1.05 bits per heavy atom. The second-order valence-electron chi connectivity index (χ2n) is 11.8. The fourth-order valence-corrected chi connectivity index (χ4v) is 7.21. The number of nitrogens with one attached hydrogen (secondary N) is 2. The van der Waals surface area contributed by atoms with Gasteiger partial charge in [0.2, 0.25) is 17.7 Å². The van der Waals surface area contributed by atoms with E-state index in [1.54, 1.807) is 36.3 Å². The maximum atomic E-state index is 14.2. The normalized spacial score (nSPS) is 29.9. The summed E-state index contributed by atoms with van der Waals surface area (Å²) in [4.78, 5) is 43.7. The van der Waals surface area contributed by atoms with Gasteiger partial charge in [-0.25, -0.2) is 0 Å². The van der Waals surface area contributed by atoms with Crippen LogP contribution in [0.15, 0.2) is 54.6 Å². The maximum Gasteiger partial charge on any atom is 0.250 e. The van der Waals surface area contributed by atoms with Crippen LogP contribution in [0.2, 0.25) is 0 Å². The number of anilines is 1. The van der Waals surface area contributed by atoms with Crippen LogP contribution in [0.25, 0.3) is 0 Å². The quantitative estimate of drug-likeness (QED) is 0.340. The van der Waals surface area contributed by atoms with E-state index in [1.165, 1.54) is 0 Å². The minimum atomic E-state index is -1.10. The van der Waals surface area contributed by atoms with Crippen LogP contribution in [0.1, 0.15) is 51.5 Å². The Hall–Kier alpha value is -3.43. The number of carbonyl (C=O) groups is 3. The number of rotatable bonds is 12. The van der Waals surface area contributed by atoms with Crippen molar-refractivity contribution in [1.29, 1.82) is 0 Å². The Balaban J connectivity index is 1.43. The number of carbonyl (C=O) groups excluding carboxylic acids is 3. The van der Waals surface area contributed by atoms with Gasteiger partial charge in [0.05, 0.1) is 24.5 Å². The Morgan fingerprint density at radius 3 is 2.44 bits per heavy atom. The summed E-state index contributed by atoms with van der Waals surface area (Å²) in [7, 11) is 1.58. The SMILES string of the molecule is COc1ccc(NC(=O)C2N(CCCCCCO)C(=O)[C@@H]3[C@@H](C(=O)NCc4ccccc4)[C@]4(C)OC23CC4C)cc1. The number of likely N-dealkylation sites (tertiary alicyclic amines) is 1. The zero-order valence-electron chi connectivity index (χ0n) is 24.1. The van der Waals surface area contributed by atoms with Gasteiger partial charge in [0, 0.05) is 25.4 Å². The summed E-state index contributed by atoms with van der Waals surface area (Å²) in [6.45, 7) is 4.83. The molecule has 3 fully saturated rings. The van der Waals surface area contributed by atoms with Gasteiger partial charge in [-0.2, -0.15) is 0 Å². The number of methoxy groups -OCH3 is 1. The Bertz CT molecular complexity index is 1250. The molecule has 0 aliphatic carbocycles. The summed E-state index contributed by atoms with van der Waals surface area (Å²) in [5.74, 6) is -1.55. The van der Waals surface area contributed by atoms with Gasteiger partial charge in [-0.3, -0.25) is 14.4 Å². The first kappa shape index (κ1) is 29.1. The van der Waals surface area contributed by atoms with Gasteiger partial charge in [0.15, 0.2) is 0 Å². The number of nitrogens with zero attached hydrogens (tertiary/aromatic N) is 1. The molecule has 9 heteroatoms. The topological polar surface area (TPSA) is 117 Å². The van der Waals surface area contributed by atoms with E-state index in [0.717, 1.165) is 18.4 Å². The van der Waals surface area contributed by atoms with Crippen molar-refractivity contribution in [3.8, 4) is 5.75 Å². The predicted molar refractivity (Wildman–Crippen MR) is 154 cm³/mol. The first-order valence-corrected chi connectivity index (χ1v) is 14.6. The predicted octanol–water partition coefficient (Wildman–Crippen LogP) is 3.51. The molecule has 0 saturated carbocycles. The molecule has 3 unspecified atom stereocenters. The van der Waals surface area contributed by atoms with Crippen molar-refractivity contribution in [2.24, 2.45) is 17.8 Å². The highest BCUT2D eigenvalue weighted by atomic mass is 16.5. The van der Waals surface area contributed by atoms with Gasteiger partial charge in [-0.05, 0) is 61.9 Å². The minimum Gasteiger partial charge on any atom is -0.497 e. The summed E-state index contributed by atoms with van der Waals surface area (Å²) in [6, 6.07) is 15.9. The van der Waals surface area contributed by atoms with Crippen LogP contribution in [0, 0.1) is 17.8 Å². The summed E-state index contributed by atoms with van der Waals surface area (Å²) in [6.07, 6.45) is 3.57. The molecular formula is C32H41N3O6. The van der Waals surface area contributed by atoms with E-state index in [9.17, 15) is 14.4 Å². The van der Waals surface area contributed by atoms with Crippen LogP contribution in [0.3, 0.4) is 0 Å². The average Bonchev–Trinajstić information content (AvgIpc) is 3.49. The number of fused-ring (bicyclic) bond motifs is 1. The molecule has 6 atom stereocenters. The Kier molecular flexibility index (Phi) is 8.38. The van der Waals surface area contributed by atoms with Gasteiger partial charge < -0.3 is 30.1 Å². The lowest BCUT2D eigenvalue weighted by Gasteiger charge is -2.36. The van der Waals surface area contributed by atoms with Crippen molar-refractivity contribution in [2.45, 2.75) is 69.7 Å². The number of ether oxygens (including phenoxy) is 2. The first-order valence-electron chi connectivity index (χ1n) is 14.6. The number of amides is 3. The fourth-order valence-electron chi connectivity index (χ4n) is 7.21. The summed E-state index contributed by atoms with van der Waals surface area (Å²) in [5.41, 5.74) is -0.402. The first-order chi connectivity index (χ1) is 19.7. The number of aliphatic hydroxyl groups excluding tert-OH is 1. The third-order valence-electron chi connectivity index (χ3n) is 9.32. The van der Waals surface area contributed by atoms with Gasteiger partial charge in [-0.1, -0.05) is 50.1 Å². The van der Waals surface area contributed by atoms with E-state index in [0.29, 0.717) is 43.8 Å². The number of hydrogen-bond donors (Lipinski definition) is 3. The molecule has 220 valence electrons. The van der Waals surface area contributed by atoms with Crippen molar-refractivity contribution in [3.63, 3.8) is 0 Å². The monoisotopic (exact) mass is 563 g/mol. The molecule has 1 spiro atoms. The largest absolute Gasteiger partial charge is 0.497 e. The molecule has 0 radical (unpaired) electrons. The maximum absolute atomic E-state index is 14.2. The average molecular weight is 564 g/mol. The summed E-state index contributed by atoms with van der Waals surface area (Å²) in [5, 5.41) is 15.2. The van der Waals surface area contributed by atoms with Crippen molar-refractivity contribution in [1.82, 2.24) is 10.2 Å². The third kappa shape index (κ3) is 5.21. The summed E-state index contributed by atoms with van der Waals surface area (Å²) >= 11 is 0. The Labute approximate surface area is 241 Å². The molecule has 9 nitrogen and oxygen atoms in total. The zero-order valence-corrected chi connectivity index (χ0v) is 24.1. The number of aliphatic hydroxyl groups is 1. The van der Waals surface area contributed by atoms with Gasteiger partial charge >= 0.3 is 0 Å². The Morgan fingerprint density at radius 2 is 1.76 bits per heavy atom. The lowest BCUT2D eigenvalue weighted by molar-refractivity contribution is -0.146. The van der Waals surface area contributed by atoms with E-state index in [2.05, 4.69) is 10.6 Å². The smallest absolute Gasteiger partial charge is 0.250 e. The van der Waals surface area contributed by atoms with Crippen LogP contribution >= 0.6 is 0 Å². The van der Waals surface area contributed by atoms with Gasteiger partial charge in [0.25, 0.3) is 0 Å². The molecule has 41 heavy (non-hydrogen) atoms. The van der Waals surface area contributed by atoms with Crippen LogP contribution in [-0.4, -0.2) is 65.2 Å². The molecule has 5 rings (SSSR count). The van der Waals surface area contributed by atoms with Crippen molar-refractivity contribution < 1.29 is 29.0 Å². The van der Waals surface area contributed by atoms with E-state index in [1.807, 2.05) is 44.2 Å². The van der Waals surface area contributed by atoms with Crippen molar-refractivity contribution >= 4 is 23.4 Å². The second kappa shape index (κ2) is 11.8. The van der Waals surface area contributed by atoms with Crippen LogP contribution in [-0.2, 0) is 25.7 Å². The highest BCUT2D eigenvalue weighted by molar-refractivity contribution is 6.03. The molecule has 0 aromatic heterocycles. The standard InChI is InChI=1S/C32H41N3O6/c1-21-19-32-26(25(31(21,2)41-32)28(37)33-20-22-11-7-6-8-12-22)30(39)35(17-9-4-5-10-18-36)27(32)29(38)34-23-13-15-24(40-3)16-14-23/h6-8,11-16,21,25-27,36H,4-5,9-10,17-20H2,1-3H3,(H,33,37)(H,34,38)/t21?,25-,26-,27?,31+,32?/m0/s1. The molecule has 2 bridgehead atoms. The molecule has 3 amide bonds. The number of benzene rings is 2. The van der Waals surface area contributed by atoms with Crippen molar-refractivity contribution in [2.75, 3.05) is 25.6 Å². The lowest BCUT2D eigenvalue weighted by atomic mass is 9.62. The highest BCUT2D eigenvalue weighted by Gasteiger charge is 2.79. The zero-order chi connectivity index (χ0) is 29.2. The minimum absolute atomic E-state index is 0.0279. The summed E-state index contributed by atoms with van der Waals surface area (Å²) < 4.78 is 12.0. The van der Waals surface area contributed by atoms with E-state index in [4.69, 9.17) is 14.6 Å². The van der Waals surface area contributed by atoms with E-state index < -0.39 is 29.1 Å². The lowest BCUT2D eigenvalue weighted by Crippen LogP contribution is -2.54. The van der Waals surface area contributed by atoms with Gasteiger partial charge in [0.1, 0.15) is 17.4 Å². The number of hydrogen-bond acceptors (Lipinski definition) is 6. The van der Waals surface area contributed by atoms with Crippen LogP contribution in [0.5, 0.6) is 5.75 Å². The second-order valence-corrected chi connectivity index (χ2v) is 11.8. The van der Waals surface area contributed by atoms with Crippen molar-refractivity contribution in [3.05, 3.63) is 60.2 Å². The molecule has 2 aromatic rings. The molecule has 3 aliphatic rings. The van der Waals surface area contributed by atoms with Crippen LogP contribution in [0.4, 0.5) is 5.69 Å². The third-order valence-corrected chi connectivity index (χ3v) is 9.32. The van der Waals surface area contributed by atoms with E-state index in [-0.39, 0.29) is 30.2 Å². The molecule has 3 N–H and O–H groups in total. The molecule has 3 heterocycles. The molecular weight excluding hydrogens is 522 g/mol. The fraction of sp³-hybridized carbons (Fsp3) is 0.531. The van der Waals surface area contributed by atoms with Crippen LogP contribution < -0.4 is 15.4 Å². The van der Waals surface area contributed by atoms with E-state index >= 15 is 0 Å².